The van der Waals surface area contributed by atoms with Gasteiger partial charge in [-0.2, -0.15) is 4.31 Å². The van der Waals surface area contributed by atoms with Crippen molar-refractivity contribution in [3.63, 3.8) is 0 Å². The average molecular weight is 297 g/mol. The Morgan fingerprint density at radius 3 is 2.75 bits per heavy atom. The lowest BCUT2D eigenvalue weighted by Crippen LogP contribution is -2.35. The summed E-state index contributed by atoms with van der Waals surface area (Å²) in [6.45, 7) is 1.31. The summed E-state index contributed by atoms with van der Waals surface area (Å²) in [4.78, 5) is 11.3. The van der Waals surface area contributed by atoms with E-state index < -0.39 is 10.0 Å². The van der Waals surface area contributed by atoms with Gasteiger partial charge in [-0.05, 0) is 11.1 Å². The topological polar surface area (TPSA) is 92.5 Å². The zero-order valence-corrected chi connectivity index (χ0v) is 12.0. The van der Waals surface area contributed by atoms with E-state index in [1.165, 1.54) is 4.31 Å². The second-order valence-electron chi connectivity index (χ2n) is 4.78. The lowest BCUT2D eigenvalue weighted by atomic mass is 10.1. The lowest BCUT2D eigenvalue weighted by molar-refractivity contribution is -0.120. The van der Waals surface area contributed by atoms with Gasteiger partial charge in [0.1, 0.15) is 0 Å². The van der Waals surface area contributed by atoms with E-state index in [0.29, 0.717) is 19.6 Å². The van der Waals surface area contributed by atoms with E-state index in [2.05, 4.69) is 5.32 Å². The summed E-state index contributed by atoms with van der Waals surface area (Å²) < 4.78 is 26.1. The Hall–Kier alpha value is -1.44. The number of nitrogens with zero attached hydrogens (tertiary/aromatic N) is 1. The molecule has 0 saturated carbocycles. The van der Waals surface area contributed by atoms with E-state index in [0.717, 1.165) is 11.1 Å². The highest BCUT2D eigenvalue weighted by atomic mass is 32.2. The van der Waals surface area contributed by atoms with Gasteiger partial charge >= 0.3 is 0 Å². The molecule has 3 N–H and O–H groups in total. The SMILES string of the molecule is NCc1cccc(CS(=O)(=O)N2CCNC(=O)CC2)c1. The van der Waals surface area contributed by atoms with Crippen molar-refractivity contribution in [1.29, 1.82) is 0 Å². The van der Waals surface area contributed by atoms with Crippen molar-refractivity contribution in [3.05, 3.63) is 35.4 Å². The Bertz CT molecular complexity index is 586. The van der Waals surface area contributed by atoms with E-state index in [-0.39, 0.29) is 24.6 Å². The maximum Gasteiger partial charge on any atom is 0.221 e. The molecule has 1 amide bonds. The molecule has 1 fully saturated rings. The molecular weight excluding hydrogens is 278 g/mol. The molecule has 7 heteroatoms. The van der Waals surface area contributed by atoms with Crippen LogP contribution in [0.5, 0.6) is 0 Å². The van der Waals surface area contributed by atoms with Gasteiger partial charge in [0.2, 0.25) is 15.9 Å². The third-order valence-corrected chi connectivity index (χ3v) is 5.09. The Labute approximate surface area is 119 Å². The van der Waals surface area contributed by atoms with Crippen molar-refractivity contribution < 1.29 is 13.2 Å². The number of nitrogens with one attached hydrogen (secondary N) is 1. The van der Waals surface area contributed by atoms with Crippen LogP contribution in [0.4, 0.5) is 0 Å². The molecule has 1 aromatic carbocycles. The smallest absolute Gasteiger partial charge is 0.221 e. The number of sulfonamides is 1. The van der Waals surface area contributed by atoms with Gasteiger partial charge in [0.15, 0.2) is 0 Å². The number of nitrogens with two attached hydrogens (primary N) is 1. The summed E-state index contributed by atoms with van der Waals surface area (Å²) in [5, 5.41) is 2.67. The van der Waals surface area contributed by atoms with Gasteiger partial charge in [0.05, 0.1) is 5.75 Å². The van der Waals surface area contributed by atoms with Crippen LogP contribution in [0.1, 0.15) is 17.5 Å². The van der Waals surface area contributed by atoms with Gasteiger partial charge in [0.25, 0.3) is 0 Å². The van der Waals surface area contributed by atoms with Crippen LogP contribution in [0.25, 0.3) is 0 Å². The summed E-state index contributed by atoms with van der Waals surface area (Å²) in [6, 6.07) is 7.25. The van der Waals surface area contributed by atoms with Gasteiger partial charge in [-0.3, -0.25) is 4.79 Å². The molecule has 20 heavy (non-hydrogen) atoms. The second-order valence-corrected chi connectivity index (χ2v) is 6.75. The number of hydrogen-bond donors (Lipinski definition) is 2. The number of amides is 1. The molecule has 6 nitrogen and oxygen atoms in total. The predicted octanol–water partition coefficient (Wildman–Crippen LogP) is -0.203. The van der Waals surface area contributed by atoms with Gasteiger partial charge in [0, 0.05) is 32.6 Å². The average Bonchev–Trinajstić information content (AvgIpc) is 2.64. The Morgan fingerprint density at radius 1 is 1.25 bits per heavy atom. The molecule has 0 bridgehead atoms. The number of carbonyl (C=O) groups is 1. The molecule has 1 aromatic rings. The fraction of sp³-hybridized carbons (Fsp3) is 0.462. The first-order valence-corrected chi connectivity index (χ1v) is 8.14. The van der Waals surface area contributed by atoms with E-state index >= 15 is 0 Å². The fourth-order valence-electron chi connectivity index (χ4n) is 2.17. The number of rotatable bonds is 4. The first-order chi connectivity index (χ1) is 9.51. The van der Waals surface area contributed by atoms with Crippen molar-refractivity contribution in [2.45, 2.75) is 18.7 Å². The van der Waals surface area contributed by atoms with E-state index in [1.54, 1.807) is 18.2 Å². The van der Waals surface area contributed by atoms with Gasteiger partial charge < -0.3 is 11.1 Å². The highest BCUT2D eigenvalue weighted by molar-refractivity contribution is 7.88. The maximum atomic E-state index is 12.4. The van der Waals surface area contributed by atoms with Crippen molar-refractivity contribution in [2.24, 2.45) is 5.73 Å². The summed E-state index contributed by atoms with van der Waals surface area (Å²) in [6.07, 6.45) is 0.210. The van der Waals surface area contributed by atoms with Gasteiger partial charge in [-0.25, -0.2) is 8.42 Å². The zero-order chi connectivity index (χ0) is 14.6. The molecular formula is C13H19N3O3S. The molecule has 1 saturated heterocycles. The van der Waals surface area contributed by atoms with E-state index in [1.807, 2.05) is 6.07 Å². The molecule has 0 unspecified atom stereocenters. The minimum Gasteiger partial charge on any atom is -0.355 e. The molecule has 1 aliphatic heterocycles. The minimum atomic E-state index is -3.41. The highest BCUT2D eigenvalue weighted by Gasteiger charge is 2.25. The summed E-state index contributed by atoms with van der Waals surface area (Å²) >= 11 is 0. The predicted molar refractivity (Wildman–Crippen MR) is 76.2 cm³/mol. The van der Waals surface area contributed by atoms with E-state index in [4.69, 9.17) is 5.73 Å². The monoisotopic (exact) mass is 297 g/mol. The van der Waals surface area contributed by atoms with Crippen LogP contribution in [0.15, 0.2) is 24.3 Å². The third kappa shape index (κ3) is 3.78. The van der Waals surface area contributed by atoms with Crippen LogP contribution >= 0.6 is 0 Å². The van der Waals surface area contributed by atoms with Crippen LogP contribution in [-0.2, 0) is 27.1 Å². The van der Waals surface area contributed by atoms with Gasteiger partial charge in [-0.15, -0.1) is 0 Å². The molecule has 0 aromatic heterocycles. The summed E-state index contributed by atoms with van der Waals surface area (Å²) in [5.41, 5.74) is 7.18. The Morgan fingerprint density at radius 2 is 2.00 bits per heavy atom. The molecule has 2 rings (SSSR count). The molecule has 0 atom stereocenters. The van der Waals surface area contributed by atoms with Gasteiger partial charge in [-0.1, -0.05) is 24.3 Å². The fourth-order valence-corrected chi connectivity index (χ4v) is 3.70. The van der Waals surface area contributed by atoms with Crippen LogP contribution < -0.4 is 11.1 Å². The number of carbonyl (C=O) groups excluding carboxylic acids is 1. The zero-order valence-electron chi connectivity index (χ0n) is 11.2. The molecule has 0 spiro atoms. The molecule has 0 aliphatic carbocycles. The molecule has 110 valence electrons. The first-order valence-electron chi connectivity index (χ1n) is 6.53. The third-order valence-electron chi connectivity index (χ3n) is 3.24. The standard InChI is InChI=1S/C13H19N3O3S/c14-9-11-2-1-3-12(8-11)10-20(18,19)16-6-4-13(17)15-5-7-16/h1-3,8H,4-7,9-10,14H2,(H,15,17). The van der Waals surface area contributed by atoms with E-state index in [9.17, 15) is 13.2 Å². The molecule has 0 radical (unpaired) electrons. The van der Waals surface area contributed by atoms with Crippen molar-refractivity contribution in [1.82, 2.24) is 9.62 Å². The van der Waals surface area contributed by atoms with Crippen LogP contribution in [0.3, 0.4) is 0 Å². The summed E-state index contributed by atoms with van der Waals surface area (Å²) in [7, 11) is -3.41. The maximum absolute atomic E-state index is 12.4. The lowest BCUT2D eigenvalue weighted by Gasteiger charge is -2.19. The van der Waals surface area contributed by atoms with Crippen molar-refractivity contribution in [3.8, 4) is 0 Å². The Kier molecular flexibility index (Phi) is 4.74. The Balaban J connectivity index is 2.11. The van der Waals surface area contributed by atoms with Crippen LogP contribution in [-0.4, -0.2) is 38.3 Å². The van der Waals surface area contributed by atoms with Crippen molar-refractivity contribution >= 4 is 15.9 Å². The first kappa shape index (κ1) is 15.0. The quantitative estimate of drug-likeness (QED) is 0.805. The molecule has 1 heterocycles. The highest BCUT2D eigenvalue weighted by Crippen LogP contribution is 2.13. The van der Waals surface area contributed by atoms with Crippen molar-refractivity contribution in [2.75, 3.05) is 19.6 Å². The largest absolute Gasteiger partial charge is 0.355 e. The van der Waals surface area contributed by atoms with Crippen LogP contribution in [0.2, 0.25) is 0 Å². The number of hydrogen-bond acceptors (Lipinski definition) is 4. The van der Waals surface area contributed by atoms with Crippen LogP contribution in [0, 0.1) is 0 Å². The minimum absolute atomic E-state index is 0.0605. The number of benzene rings is 1. The molecule has 1 aliphatic rings. The second kappa shape index (κ2) is 6.34. The summed E-state index contributed by atoms with van der Waals surface area (Å²) in [5.74, 6) is -0.164. The normalized spacial score (nSPS) is 17.6.